The third kappa shape index (κ3) is 1.69. The maximum atomic E-state index is 13.2. The van der Waals surface area contributed by atoms with Crippen LogP contribution in [-0.4, -0.2) is 26.4 Å². The predicted molar refractivity (Wildman–Crippen MR) is 65.3 cm³/mol. The van der Waals surface area contributed by atoms with Crippen molar-refractivity contribution < 1.29 is 13.2 Å². The zero-order chi connectivity index (χ0) is 14.5. The molecule has 6 nitrogen and oxygen atoms in total. The van der Waals surface area contributed by atoms with Crippen molar-refractivity contribution in [1.29, 1.82) is 0 Å². The number of hydrogen-bond acceptors (Lipinski definition) is 5. The van der Waals surface area contributed by atoms with Gasteiger partial charge in [0.1, 0.15) is 0 Å². The van der Waals surface area contributed by atoms with E-state index in [0.29, 0.717) is 11.3 Å². The van der Waals surface area contributed by atoms with Crippen LogP contribution in [0.4, 0.5) is 24.5 Å². The minimum absolute atomic E-state index is 0.00248. The van der Waals surface area contributed by atoms with Crippen LogP contribution in [0.1, 0.15) is 12.8 Å². The van der Waals surface area contributed by atoms with Crippen LogP contribution in [0.15, 0.2) is 18.2 Å². The number of tetrazole rings is 1. The van der Waals surface area contributed by atoms with Crippen LogP contribution in [-0.2, 0) is 5.54 Å². The minimum Gasteiger partial charge on any atom is -0.399 e. The van der Waals surface area contributed by atoms with Crippen LogP contribution in [0.5, 0.6) is 0 Å². The van der Waals surface area contributed by atoms with Crippen molar-refractivity contribution >= 4 is 11.4 Å². The summed E-state index contributed by atoms with van der Waals surface area (Å²) >= 11 is 0. The van der Waals surface area contributed by atoms with Crippen molar-refractivity contribution in [3.8, 4) is 11.4 Å². The Morgan fingerprint density at radius 3 is 2.45 bits per heavy atom. The Morgan fingerprint density at radius 1 is 1.20 bits per heavy atom. The summed E-state index contributed by atoms with van der Waals surface area (Å²) in [5, 5.41) is 10.5. The van der Waals surface area contributed by atoms with E-state index in [2.05, 4.69) is 15.5 Å². The van der Waals surface area contributed by atoms with E-state index < -0.39 is 11.7 Å². The summed E-state index contributed by atoms with van der Waals surface area (Å²) in [4.78, 5) is 0. The summed E-state index contributed by atoms with van der Waals surface area (Å²) in [5.74, 6) is -0.00248. The quantitative estimate of drug-likeness (QED) is 0.816. The highest BCUT2D eigenvalue weighted by molar-refractivity contribution is 5.74. The zero-order valence-corrected chi connectivity index (χ0v) is 10.2. The molecule has 9 heteroatoms. The van der Waals surface area contributed by atoms with E-state index in [-0.39, 0.29) is 24.4 Å². The number of hydrogen-bond donors (Lipinski definition) is 2. The van der Waals surface area contributed by atoms with E-state index in [1.807, 2.05) is 0 Å². The van der Waals surface area contributed by atoms with Gasteiger partial charge in [-0.2, -0.15) is 13.2 Å². The molecular formula is C11H11F3N6. The van der Waals surface area contributed by atoms with Gasteiger partial charge in [0.2, 0.25) is 0 Å². The Bertz CT molecular complexity index is 658. The molecule has 0 radical (unpaired) electrons. The fourth-order valence-corrected chi connectivity index (χ4v) is 2.16. The molecule has 4 N–H and O–H groups in total. The van der Waals surface area contributed by atoms with Crippen molar-refractivity contribution in [1.82, 2.24) is 20.2 Å². The van der Waals surface area contributed by atoms with Crippen LogP contribution in [0, 0.1) is 0 Å². The number of aromatic nitrogens is 4. The molecule has 2 aromatic rings. The molecule has 0 amide bonds. The molecule has 1 heterocycles. The molecule has 0 saturated heterocycles. The number of halogens is 3. The largest absolute Gasteiger partial charge is 0.413 e. The molecule has 0 spiro atoms. The van der Waals surface area contributed by atoms with Crippen LogP contribution in [0.3, 0.4) is 0 Å². The standard InChI is InChI=1S/C11H11F3N6/c12-11(13,14)10(3-4-10)20-9(17-18-19-20)7-2-1-6(15)5-8(7)16/h1-2,5H,3-4,15-16H2. The summed E-state index contributed by atoms with van der Waals surface area (Å²) < 4.78 is 40.3. The molecular weight excluding hydrogens is 273 g/mol. The average molecular weight is 284 g/mol. The van der Waals surface area contributed by atoms with E-state index in [1.54, 1.807) is 0 Å². The smallest absolute Gasteiger partial charge is 0.399 e. The first kappa shape index (κ1) is 12.7. The fourth-order valence-electron chi connectivity index (χ4n) is 2.16. The van der Waals surface area contributed by atoms with E-state index in [0.717, 1.165) is 4.68 Å². The summed E-state index contributed by atoms with van der Waals surface area (Å²) in [6.45, 7) is 0. The lowest BCUT2D eigenvalue weighted by atomic mass is 10.1. The molecule has 0 unspecified atom stereocenters. The highest BCUT2D eigenvalue weighted by Gasteiger charge is 2.66. The molecule has 0 atom stereocenters. The van der Waals surface area contributed by atoms with Gasteiger partial charge in [-0.15, -0.1) is 5.10 Å². The summed E-state index contributed by atoms with van der Waals surface area (Å²) in [5.41, 5.74) is 10.3. The molecule has 20 heavy (non-hydrogen) atoms. The summed E-state index contributed by atoms with van der Waals surface area (Å²) in [6.07, 6.45) is -4.48. The number of benzene rings is 1. The Hall–Kier alpha value is -2.32. The van der Waals surface area contributed by atoms with Gasteiger partial charge in [0.15, 0.2) is 11.4 Å². The van der Waals surface area contributed by atoms with Gasteiger partial charge in [-0.3, -0.25) is 0 Å². The van der Waals surface area contributed by atoms with Gasteiger partial charge in [0, 0.05) is 16.9 Å². The van der Waals surface area contributed by atoms with Gasteiger partial charge in [0.05, 0.1) is 0 Å². The van der Waals surface area contributed by atoms with Gasteiger partial charge in [0.25, 0.3) is 0 Å². The minimum atomic E-state index is -4.40. The van der Waals surface area contributed by atoms with E-state index in [4.69, 9.17) is 11.5 Å². The molecule has 106 valence electrons. The first-order valence-electron chi connectivity index (χ1n) is 5.86. The van der Waals surface area contributed by atoms with Gasteiger partial charge >= 0.3 is 6.18 Å². The summed E-state index contributed by atoms with van der Waals surface area (Å²) in [7, 11) is 0. The van der Waals surface area contributed by atoms with Crippen molar-refractivity contribution in [2.24, 2.45) is 0 Å². The third-order valence-electron chi connectivity index (χ3n) is 3.44. The SMILES string of the molecule is Nc1ccc(-c2nnnn2C2(C(F)(F)F)CC2)c(N)c1. The number of rotatable bonds is 2. The first-order chi connectivity index (χ1) is 9.35. The molecule has 3 rings (SSSR count). The van der Waals surface area contributed by atoms with Crippen LogP contribution >= 0.6 is 0 Å². The van der Waals surface area contributed by atoms with E-state index >= 15 is 0 Å². The molecule has 1 aliphatic rings. The number of nitrogen functional groups attached to an aromatic ring is 2. The highest BCUT2D eigenvalue weighted by atomic mass is 19.4. The van der Waals surface area contributed by atoms with Gasteiger partial charge < -0.3 is 11.5 Å². The van der Waals surface area contributed by atoms with Gasteiger partial charge in [-0.05, 0) is 41.5 Å². The Balaban J connectivity index is 2.12. The van der Waals surface area contributed by atoms with Crippen molar-refractivity contribution in [2.75, 3.05) is 11.5 Å². The van der Waals surface area contributed by atoms with Crippen molar-refractivity contribution in [3.63, 3.8) is 0 Å². The molecule has 1 fully saturated rings. The lowest BCUT2D eigenvalue weighted by Gasteiger charge is -2.20. The Kier molecular flexibility index (Phi) is 2.44. The number of nitrogens with zero attached hydrogens (tertiary/aromatic N) is 4. The number of alkyl halides is 3. The zero-order valence-electron chi connectivity index (χ0n) is 10.2. The topological polar surface area (TPSA) is 95.6 Å². The van der Waals surface area contributed by atoms with Crippen molar-refractivity contribution in [2.45, 2.75) is 24.6 Å². The number of anilines is 2. The lowest BCUT2D eigenvalue weighted by Crippen LogP contribution is -2.36. The van der Waals surface area contributed by atoms with Crippen molar-refractivity contribution in [3.05, 3.63) is 18.2 Å². The second-order valence-corrected chi connectivity index (χ2v) is 4.79. The highest BCUT2D eigenvalue weighted by Crippen LogP contribution is 2.56. The maximum Gasteiger partial charge on any atom is 0.413 e. The maximum absolute atomic E-state index is 13.2. The Morgan fingerprint density at radius 2 is 1.90 bits per heavy atom. The monoisotopic (exact) mass is 284 g/mol. The summed E-state index contributed by atoms with van der Waals surface area (Å²) in [6, 6.07) is 4.51. The number of nitrogens with two attached hydrogens (primary N) is 2. The predicted octanol–water partition coefficient (Wildman–Crippen LogP) is 1.56. The second kappa shape index (κ2) is 3.84. The van der Waals surface area contributed by atoms with Gasteiger partial charge in [-0.1, -0.05) is 0 Å². The lowest BCUT2D eigenvalue weighted by molar-refractivity contribution is -0.182. The second-order valence-electron chi connectivity index (χ2n) is 4.79. The van der Waals surface area contributed by atoms with Gasteiger partial charge in [-0.25, -0.2) is 4.68 Å². The fraction of sp³-hybridized carbons (Fsp3) is 0.364. The first-order valence-corrected chi connectivity index (χ1v) is 5.86. The molecule has 0 aliphatic heterocycles. The Labute approximate surface area is 111 Å². The molecule has 1 aromatic heterocycles. The average Bonchev–Trinajstić information content (AvgIpc) is 3.03. The molecule has 1 saturated carbocycles. The van der Waals surface area contributed by atoms with E-state index in [1.165, 1.54) is 18.2 Å². The van der Waals surface area contributed by atoms with E-state index in [9.17, 15) is 13.2 Å². The molecule has 1 aliphatic carbocycles. The normalized spacial score (nSPS) is 17.1. The van der Waals surface area contributed by atoms with Crippen LogP contribution in [0.25, 0.3) is 11.4 Å². The third-order valence-corrected chi connectivity index (χ3v) is 3.44. The molecule has 0 bridgehead atoms. The molecule has 1 aromatic carbocycles. The van der Waals surface area contributed by atoms with Crippen LogP contribution in [0.2, 0.25) is 0 Å². The van der Waals surface area contributed by atoms with Crippen LogP contribution < -0.4 is 11.5 Å².